The van der Waals surface area contributed by atoms with Gasteiger partial charge < -0.3 is 5.32 Å². The zero-order valence-corrected chi connectivity index (χ0v) is 13.5. The molecule has 0 saturated carbocycles. The van der Waals surface area contributed by atoms with E-state index in [-0.39, 0.29) is 0 Å². The van der Waals surface area contributed by atoms with E-state index in [4.69, 9.17) is 23.2 Å². The highest BCUT2D eigenvalue weighted by Crippen LogP contribution is 2.23. The first-order valence-corrected chi connectivity index (χ1v) is 7.33. The van der Waals surface area contributed by atoms with Crippen molar-refractivity contribution in [3.05, 3.63) is 61.1 Å². The van der Waals surface area contributed by atoms with Crippen molar-refractivity contribution in [2.45, 2.75) is 13.5 Å². The summed E-state index contributed by atoms with van der Waals surface area (Å²) in [7, 11) is 0. The zero-order valence-electron chi connectivity index (χ0n) is 9.81. The van der Waals surface area contributed by atoms with Crippen LogP contribution in [0.25, 0.3) is 0 Å². The van der Waals surface area contributed by atoms with Crippen molar-refractivity contribution >= 4 is 51.5 Å². The Morgan fingerprint density at radius 2 is 1.89 bits per heavy atom. The fraction of sp³-hybridized carbons (Fsp3) is 0.143. The average Bonchev–Trinajstić information content (AvgIpc) is 2.30. The molecule has 0 amide bonds. The van der Waals surface area contributed by atoms with Crippen molar-refractivity contribution in [2.24, 2.45) is 0 Å². The van der Waals surface area contributed by atoms with Crippen LogP contribution in [0.4, 0.5) is 5.69 Å². The normalized spacial score (nSPS) is 10.4. The van der Waals surface area contributed by atoms with Crippen molar-refractivity contribution in [1.82, 2.24) is 0 Å². The third-order valence-corrected chi connectivity index (χ3v) is 3.93. The fourth-order valence-corrected chi connectivity index (χ4v) is 2.80. The van der Waals surface area contributed by atoms with E-state index in [9.17, 15) is 0 Å². The van der Waals surface area contributed by atoms with Crippen LogP contribution in [0, 0.1) is 10.5 Å². The van der Waals surface area contributed by atoms with Crippen molar-refractivity contribution in [1.29, 1.82) is 0 Å². The lowest BCUT2D eigenvalue weighted by Gasteiger charge is -2.11. The highest BCUT2D eigenvalue weighted by atomic mass is 127. The molecule has 0 spiro atoms. The van der Waals surface area contributed by atoms with Gasteiger partial charge in [-0.05, 0) is 71.0 Å². The molecule has 1 nitrogen and oxygen atoms in total. The van der Waals surface area contributed by atoms with E-state index < -0.39 is 0 Å². The third-order valence-electron chi connectivity index (χ3n) is 2.67. The predicted molar refractivity (Wildman–Crippen MR) is 87.7 cm³/mol. The Morgan fingerprint density at radius 1 is 1.11 bits per heavy atom. The van der Waals surface area contributed by atoms with E-state index in [0.717, 1.165) is 11.3 Å². The van der Waals surface area contributed by atoms with Gasteiger partial charge in [-0.15, -0.1) is 0 Å². The molecule has 2 aromatic rings. The van der Waals surface area contributed by atoms with Crippen LogP contribution in [0.3, 0.4) is 0 Å². The van der Waals surface area contributed by atoms with E-state index in [0.29, 0.717) is 16.6 Å². The number of benzene rings is 2. The molecule has 0 aliphatic heterocycles. The second kappa shape index (κ2) is 6.13. The van der Waals surface area contributed by atoms with Gasteiger partial charge in [-0.3, -0.25) is 0 Å². The van der Waals surface area contributed by atoms with E-state index >= 15 is 0 Å². The van der Waals surface area contributed by atoms with E-state index in [1.807, 2.05) is 12.1 Å². The second-order valence-corrected chi connectivity index (χ2v) is 6.14. The number of aryl methyl sites for hydroxylation is 1. The molecule has 0 fully saturated rings. The third kappa shape index (κ3) is 3.53. The van der Waals surface area contributed by atoms with Gasteiger partial charge in [0.2, 0.25) is 0 Å². The summed E-state index contributed by atoms with van der Waals surface area (Å²) in [6.45, 7) is 2.78. The van der Waals surface area contributed by atoms with Crippen molar-refractivity contribution in [3.8, 4) is 0 Å². The van der Waals surface area contributed by atoms with Crippen LogP contribution < -0.4 is 5.32 Å². The van der Waals surface area contributed by atoms with Crippen LogP contribution in [0.15, 0.2) is 36.4 Å². The summed E-state index contributed by atoms with van der Waals surface area (Å²) in [6.07, 6.45) is 0. The van der Waals surface area contributed by atoms with Crippen LogP contribution in [-0.2, 0) is 6.54 Å². The predicted octanol–water partition coefficient (Wildman–Crippen LogP) is 5.52. The SMILES string of the molecule is Cc1cc(I)ccc1NCc1ccc(Cl)cc1Cl. The smallest absolute Gasteiger partial charge is 0.0470 e. The fourth-order valence-electron chi connectivity index (χ4n) is 1.68. The molecule has 0 unspecified atom stereocenters. The summed E-state index contributed by atoms with van der Waals surface area (Å²) in [5.74, 6) is 0. The van der Waals surface area contributed by atoms with Gasteiger partial charge in [0.05, 0.1) is 0 Å². The molecule has 1 N–H and O–H groups in total. The summed E-state index contributed by atoms with van der Waals surface area (Å²) in [5.41, 5.74) is 3.40. The van der Waals surface area contributed by atoms with Gasteiger partial charge in [-0.1, -0.05) is 29.3 Å². The highest BCUT2D eigenvalue weighted by molar-refractivity contribution is 14.1. The summed E-state index contributed by atoms with van der Waals surface area (Å²) in [4.78, 5) is 0. The molecule has 4 heteroatoms. The standard InChI is InChI=1S/C14H12Cl2IN/c1-9-6-12(17)4-5-14(9)18-8-10-2-3-11(15)7-13(10)16/h2-7,18H,8H2,1H3. The van der Waals surface area contributed by atoms with Gasteiger partial charge in [0, 0.05) is 25.8 Å². The molecule has 0 aliphatic carbocycles. The van der Waals surface area contributed by atoms with Crippen molar-refractivity contribution in [2.75, 3.05) is 5.32 Å². The van der Waals surface area contributed by atoms with Crippen molar-refractivity contribution in [3.63, 3.8) is 0 Å². The molecule has 0 aliphatic rings. The van der Waals surface area contributed by atoms with Crippen LogP contribution in [0.2, 0.25) is 10.0 Å². The Kier molecular flexibility index (Phi) is 4.76. The molecule has 2 aromatic carbocycles. The lowest BCUT2D eigenvalue weighted by atomic mass is 10.2. The van der Waals surface area contributed by atoms with E-state index in [2.05, 4.69) is 53.0 Å². The Balaban J connectivity index is 2.11. The van der Waals surface area contributed by atoms with Crippen molar-refractivity contribution < 1.29 is 0 Å². The van der Waals surface area contributed by atoms with Crippen LogP contribution in [0.1, 0.15) is 11.1 Å². The lowest BCUT2D eigenvalue weighted by Crippen LogP contribution is -2.01. The maximum absolute atomic E-state index is 6.14. The Labute approximate surface area is 131 Å². The number of nitrogens with one attached hydrogen (secondary N) is 1. The number of hydrogen-bond donors (Lipinski definition) is 1. The molecule has 94 valence electrons. The molecule has 0 saturated heterocycles. The topological polar surface area (TPSA) is 12.0 Å². The van der Waals surface area contributed by atoms with Gasteiger partial charge >= 0.3 is 0 Å². The molecule has 2 rings (SSSR count). The van der Waals surface area contributed by atoms with Crippen LogP contribution in [-0.4, -0.2) is 0 Å². The Morgan fingerprint density at radius 3 is 2.56 bits per heavy atom. The first kappa shape index (κ1) is 14.0. The molecule has 0 bridgehead atoms. The molecule has 18 heavy (non-hydrogen) atoms. The first-order valence-electron chi connectivity index (χ1n) is 5.50. The minimum Gasteiger partial charge on any atom is -0.381 e. The first-order chi connectivity index (χ1) is 8.56. The number of anilines is 1. The van der Waals surface area contributed by atoms with Crippen LogP contribution in [0.5, 0.6) is 0 Å². The summed E-state index contributed by atoms with van der Waals surface area (Å²) in [6, 6.07) is 11.9. The quantitative estimate of drug-likeness (QED) is 0.679. The molecular weight excluding hydrogens is 380 g/mol. The van der Waals surface area contributed by atoms with Gasteiger partial charge in [0.1, 0.15) is 0 Å². The number of rotatable bonds is 3. The van der Waals surface area contributed by atoms with Gasteiger partial charge in [-0.2, -0.15) is 0 Å². The average molecular weight is 392 g/mol. The molecule has 0 aromatic heterocycles. The molecule has 0 heterocycles. The van der Waals surface area contributed by atoms with Gasteiger partial charge in [0.15, 0.2) is 0 Å². The second-order valence-electron chi connectivity index (χ2n) is 4.05. The van der Waals surface area contributed by atoms with Gasteiger partial charge in [0.25, 0.3) is 0 Å². The summed E-state index contributed by atoms with van der Waals surface area (Å²) in [5, 5.41) is 4.74. The number of halogens is 3. The maximum Gasteiger partial charge on any atom is 0.0470 e. The zero-order chi connectivity index (χ0) is 13.1. The maximum atomic E-state index is 6.14. The Bertz CT molecular complexity index is 518. The molecule has 0 radical (unpaired) electrons. The van der Waals surface area contributed by atoms with Gasteiger partial charge in [-0.25, -0.2) is 0 Å². The van der Waals surface area contributed by atoms with E-state index in [1.54, 1.807) is 6.07 Å². The Hall–Kier alpha value is -0.450. The summed E-state index contributed by atoms with van der Waals surface area (Å²) < 4.78 is 1.24. The lowest BCUT2D eigenvalue weighted by molar-refractivity contribution is 1.14. The number of hydrogen-bond acceptors (Lipinski definition) is 1. The summed E-state index contributed by atoms with van der Waals surface area (Å²) >= 11 is 14.3. The minimum atomic E-state index is 0.661. The molecular formula is C14H12Cl2IN. The highest BCUT2D eigenvalue weighted by Gasteiger charge is 2.03. The monoisotopic (exact) mass is 391 g/mol. The van der Waals surface area contributed by atoms with Crippen LogP contribution >= 0.6 is 45.8 Å². The molecule has 0 atom stereocenters. The largest absolute Gasteiger partial charge is 0.381 e. The van der Waals surface area contributed by atoms with E-state index in [1.165, 1.54) is 9.13 Å². The minimum absolute atomic E-state index is 0.661.